The first-order valence-corrected chi connectivity index (χ1v) is 8.01. The second-order valence-corrected chi connectivity index (χ2v) is 6.97. The Morgan fingerprint density at radius 3 is 2.61 bits per heavy atom. The van der Waals surface area contributed by atoms with Crippen molar-refractivity contribution in [2.75, 3.05) is 5.75 Å². The summed E-state index contributed by atoms with van der Waals surface area (Å²) >= 11 is 8.32. The zero-order valence-electron chi connectivity index (χ0n) is 9.17. The van der Waals surface area contributed by atoms with Gasteiger partial charge in [0.05, 0.1) is 11.8 Å². The lowest BCUT2D eigenvalue weighted by Crippen LogP contribution is -2.37. The standard InChI is InChI=1S/C11H10BrNO3S2/c12-8-1-3-10(4-2-8)16-11(17)13-9-5-6-18(14,15)7-9/h1-6,9H,7H2,(H,13,17). The van der Waals surface area contributed by atoms with Gasteiger partial charge in [-0.15, -0.1) is 0 Å². The predicted octanol–water partition coefficient (Wildman–Crippen LogP) is 2.01. The molecule has 0 amide bonds. The number of sulfone groups is 1. The number of halogens is 1. The Morgan fingerprint density at radius 1 is 1.39 bits per heavy atom. The van der Waals surface area contributed by atoms with Crippen LogP contribution in [-0.2, 0) is 9.84 Å². The van der Waals surface area contributed by atoms with Crippen LogP contribution in [0, 0.1) is 0 Å². The Hall–Kier alpha value is -0.920. The van der Waals surface area contributed by atoms with Crippen LogP contribution in [0.1, 0.15) is 0 Å². The van der Waals surface area contributed by atoms with Crippen molar-refractivity contribution in [3.63, 3.8) is 0 Å². The highest BCUT2D eigenvalue weighted by molar-refractivity contribution is 9.10. The van der Waals surface area contributed by atoms with E-state index in [4.69, 9.17) is 17.0 Å². The second-order valence-electron chi connectivity index (χ2n) is 3.75. The number of hydrogen-bond acceptors (Lipinski definition) is 4. The van der Waals surface area contributed by atoms with E-state index in [0.29, 0.717) is 5.75 Å². The van der Waals surface area contributed by atoms with Crippen LogP contribution in [0.15, 0.2) is 40.2 Å². The molecule has 0 fully saturated rings. The van der Waals surface area contributed by atoms with Gasteiger partial charge in [-0.25, -0.2) is 8.42 Å². The molecule has 0 saturated carbocycles. The molecule has 7 heteroatoms. The molecule has 0 aromatic heterocycles. The van der Waals surface area contributed by atoms with Gasteiger partial charge in [0.15, 0.2) is 9.84 Å². The van der Waals surface area contributed by atoms with Gasteiger partial charge in [0.2, 0.25) is 0 Å². The minimum absolute atomic E-state index is 0.0108. The van der Waals surface area contributed by atoms with Gasteiger partial charge >= 0.3 is 0 Å². The molecule has 18 heavy (non-hydrogen) atoms. The molecular formula is C11H10BrNO3S2. The van der Waals surface area contributed by atoms with Crippen molar-refractivity contribution >= 4 is 43.2 Å². The molecule has 1 N–H and O–H groups in total. The zero-order chi connectivity index (χ0) is 13.2. The third-order valence-electron chi connectivity index (χ3n) is 2.26. The Kier molecular flexibility index (Phi) is 4.04. The van der Waals surface area contributed by atoms with E-state index < -0.39 is 9.84 Å². The van der Waals surface area contributed by atoms with Gasteiger partial charge in [0.25, 0.3) is 5.17 Å². The number of hydrogen-bond donors (Lipinski definition) is 1. The number of rotatable bonds is 2. The summed E-state index contributed by atoms with van der Waals surface area (Å²) < 4.78 is 28.7. The maximum atomic E-state index is 11.2. The first kappa shape index (κ1) is 13.5. The summed E-state index contributed by atoms with van der Waals surface area (Å²) in [7, 11) is -3.08. The summed E-state index contributed by atoms with van der Waals surface area (Å²) in [5, 5.41) is 4.17. The summed E-state index contributed by atoms with van der Waals surface area (Å²) in [5.41, 5.74) is 0. The molecule has 0 bridgehead atoms. The molecule has 1 unspecified atom stereocenters. The topological polar surface area (TPSA) is 55.4 Å². The molecule has 0 aliphatic carbocycles. The quantitative estimate of drug-likeness (QED) is 0.829. The van der Waals surface area contributed by atoms with E-state index in [9.17, 15) is 8.42 Å². The molecule has 1 aromatic rings. The van der Waals surface area contributed by atoms with Crippen molar-refractivity contribution in [1.29, 1.82) is 0 Å². The summed E-state index contributed by atoms with van der Waals surface area (Å²) in [6, 6.07) is 6.87. The fraction of sp³-hybridized carbons (Fsp3) is 0.182. The van der Waals surface area contributed by atoms with Crippen molar-refractivity contribution in [3.05, 3.63) is 40.2 Å². The van der Waals surface area contributed by atoms with Crippen LogP contribution < -0.4 is 10.1 Å². The molecule has 0 saturated heterocycles. The van der Waals surface area contributed by atoms with Gasteiger partial charge in [-0.05, 0) is 42.6 Å². The van der Waals surface area contributed by atoms with Gasteiger partial charge in [-0.2, -0.15) is 0 Å². The number of benzene rings is 1. The average molecular weight is 348 g/mol. The SMILES string of the molecule is O=S1(=O)C=CC(NC(=S)Oc2ccc(Br)cc2)C1. The third-order valence-corrected chi connectivity index (χ3v) is 4.38. The van der Waals surface area contributed by atoms with Gasteiger partial charge < -0.3 is 10.1 Å². The minimum Gasteiger partial charge on any atom is -0.432 e. The monoisotopic (exact) mass is 347 g/mol. The van der Waals surface area contributed by atoms with E-state index in [1.54, 1.807) is 18.2 Å². The number of nitrogens with one attached hydrogen (secondary N) is 1. The fourth-order valence-corrected chi connectivity index (χ4v) is 3.20. The molecular weight excluding hydrogens is 338 g/mol. The van der Waals surface area contributed by atoms with Gasteiger partial charge in [-0.1, -0.05) is 15.9 Å². The van der Waals surface area contributed by atoms with Crippen molar-refractivity contribution in [3.8, 4) is 5.75 Å². The summed E-state index contributed by atoms with van der Waals surface area (Å²) in [4.78, 5) is 0. The lowest BCUT2D eigenvalue weighted by Gasteiger charge is -2.13. The average Bonchev–Trinajstić information content (AvgIpc) is 2.61. The lowest BCUT2D eigenvalue weighted by molar-refractivity contribution is 0.524. The Bertz CT molecular complexity index is 581. The predicted molar refractivity (Wildman–Crippen MR) is 77.2 cm³/mol. The van der Waals surface area contributed by atoms with Gasteiger partial charge in [-0.3, -0.25) is 0 Å². The smallest absolute Gasteiger partial charge is 0.262 e. The number of thiocarbonyl (C=S) groups is 1. The van der Waals surface area contributed by atoms with Crippen LogP contribution in [0.5, 0.6) is 5.75 Å². The summed E-state index contributed by atoms with van der Waals surface area (Å²) in [6.07, 6.45) is 1.56. The largest absolute Gasteiger partial charge is 0.432 e. The van der Waals surface area contributed by atoms with Crippen molar-refractivity contribution < 1.29 is 13.2 Å². The van der Waals surface area contributed by atoms with E-state index in [1.165, 1.54) is 5.41 Å². The molecule has 96 valence electrons. The van der Waals surface area contributed by atoms with Crippen molar-refractivity contribution in [2.24, 2.45) is 0 Å². The first-order valence-electron chi connectivity index (χ1n) is 5.09. The van der Waals surface area contributed by atoms with Crippen LogP contribution in [0.3, 0.4) is 0 Å². The molecule has 0 spiro atoms. The Morgan fingerprint density at radius 2 is 2.06 bits per heavy atom. The highest BCUT2D eigenvalue weighted by atomic mass is 79.9. The maximum Gasteiger partial charge on any atom is 0.262 e. The first-order chi connectivity index (χ1) is 8.44. The molecule has 4 nitrogen and oxygen atoms in total. The highest BCUT2D eigenvalue weighted by Crippen LogP contribution is 2.16. The Labute approximate surface area is 119 Å². The number of ether oxygens (including phenoxy) is 1. The molecule has 1 atom stereocenters. The van der Waals surface area contributed by atoms with Crippen molar-refractivity contribution in [2.45, 2.75) is 6.04 Å². The molecule has 2 rings (SSSR count). The van der Waals surface area contributed by atoms with Gasteiger partial charge in [0, 0.05) is 9.88 Å². The zero-order valence-corrected chi connectivity index (χ0v) is 12.4. The summed E-state index contributed by atoms with van der Waals surface area (Å²) in [6.45, 7) is 0. The van der Waals surface area contributed by atoms with Crippen LogP contribution in [0.4, 0.5) is 0 Å². The molecule has 1 aliphatic rings. The van der Waals surface area contributed by atoms with Crippen molar-refractivity contribution in [1.82, 2.24) is 5.32 Å². The van der Waals surface area contributed by atoms with Crippen LogP contribution in [0.2, 0.25) is 0 Å². The molecule has 1 heterocycles. The molecule has 1 aliphatic heterocycles. The Balaban J connectivity index is 1.90. The maximum absolute atomic E-state index is 11.2. The molecule has 0 radical (unpaired) electrons. The van der Waals surface area contributed by atoms with E-state index in [2.05, 4.69) is 21.2 Å². The van der Waals surface area contributed by atoms with E-state index in [0.717, 1.165) is 4.47 Å². The fourth-order valence-electron chi connectivity index (χ4n) is 1.46. The van der Waals surface area contributed by atoms with E-state index in [-0.39, 0.29) is 17.0 Å². The normalized spacial score (nSPS) is 20.6. The van der Waals surface area contributed by atoms with E-state index in [1.807, 2.05) is 12.1 Å². The van der Waals surface area contributed by atoms with Crippen LogP contribution in [-0.4, -0.2) is 25.4 Å². The van der Waals surface area contributed by atoms with Crippen LogP contribution in [0.25, 0.3) is 0 Å². The minimum atomic E-state index is -3.08. The summed E-state index contributed by atoms with van der Waals surface area (Å²) in [5.74, 6) is 0.608. The molecule has 1 aromatic carbocycles. The van der Waals surface area contributed by atoms with Gasteiger partial charge in [0.1, 0.15) is 5.75 Å². The second kappa shape index (κ2) is 5.38. The van der Waals surface area contributed by atoms with E-state index >= 15 is 0 Å². The lowest BCUT2D eigenvalue weighted by atomic mass is 10.3. The van der Waals surface area contributed by atoms with Crippen LogP contribution >= 0.6 is 28.1 Å². The third kappa shape index (κ3) is 3.79. The highest BCUT2D eigenvalue weighted by Gasteiger charge is 2.22.